The van der Waals surface area contributed by atoms with Gasteiger partial charge in [-0.2, -0.15) is 0 Å². The lowest BCUT2D eigenvalue weighted by molar-refractivity contribution is -0.119. The molecule has 0 unspecified atom stereocenters. The number of hydrogen-bond acceptors (Lipinski definition) is 4. The van der Waals surface area contributed by atoms with Crippen LogP contribution in [0, 0.1) is 0 Å². The summed E-state index contributed by atoms with van der Waals surface area (Å²) < 4.78 is 31.0. The molecule has 2 rings (SSSR count). The number of sulfonamides is 1. The Hall–Kier alpha value is -2.54. The van der Waals surface area contributed by atoms with Crippen molar-refractivity contribution >= 4 is 21.6 Å². The summed E-state index contributed by atoms with van der Waals surface area (Å²) in [5, 5.41) is 2.79. The van der Waals surface area contributed by atoms with Crippen molar-refractivity contribution in [3.05, 3.63) is 60.2 Å². The van der Waals surface area contributed by atoms with Gasteiger partial charge in [-0.3, -0.25) is 9.10 Å². The van der Waals surface area contributed by atoms with E-state index < -0.39 is 10.0 Å². The first kappa shape index (κ1) is 21.8. The minimum Gasteiger partial charge on any atom is -0.491 e. The first-order valence-electron chi connectivity index (χ1n) is 9.31. The van der Waals surface area contributed by atoms with Crippen LogP contribution in [0.4, 0.5) is 5.69 Å². The first-order valence-corrected chi connectivity index (χ1v) is 11.2. The third-order valence-electron chi connectivity index (χ3n) is 3.99. The van der Waals surface area contributed by atoms with E-state index in [1.54, 1.807) is 24.3 Å². The van der Waals surface area contributed by atoms with Crippen LogP contribution in [0.5, 0.6) is 5.75 Å². The number of nitrogens with one attached hydrogen (secondary N) is 1. The maximum Gasteiger partial charge on any atom is 0.240 e. The predicted molar refractivity (Wildman–Crippen MR) is 112 cm³/mol. The van der Waals surface area contributed by atoms with Crippen LogP contribution in [0.2, 0.25) is 0 Å². The molecule has 0 radical (unpaired) electrons. The van der Waals surface area contributed by atoms with E-state index in [0.29, 0.717) is 18.0 Å². The number of ether oxygens (including phenoxy) is 1. The lowest BCUT2D eigenvalue weighted by Crippen LogP contribution is -2.40. The summed E-state index contributed by atoms with van der Waals surface area (Å²) in [6, 6.07) is 16.7. The van der Waals surface area contributed by atoms with Crippen LogP contribution >= 0.6 is 0 Å². The van der Waals surface area contributed by atoms with Crippen molar-refractivity contribution in [1.29, 1.82) is 0 Å². The Bertz CT molecular complexity index is 850. The average molecular weight is 405 g/mol. The Labute approximate surface area is 167 Å². The number of carbonyl (C=O) groups excluding carboxylic acids is 1. The van der Waals surface area contributed by atoms with Crippen LogP contribution < -0.4 is 14.4 Å². The molecule has 6 nitrogen and oxygen atoms in total. The van der Waals surface area contributed by atoms with Gasteiger partial charge in [0.05, 0.1) is 18.0 Å². The normalized spacial score (nSPS) is 11.3. The Kier molecular flexibility index (Phi) is 7.87. The van der Waals surface area contributed by atoms with Crippen LogP contribution in [-0.2, 0) is 21.2 Å². The second-order valence-electron chi connectivity index (χ2n) is 6.87. The summed E-state index contributed by atoms with van der Waals surface area (Å²) in [5.74, 6) is 0.318. The summed E-state index contributed by atoms with van der Waals surface area (Å²) in [6.45, 7) is 4.07. The van der Waals surface area contributed by atoms with Crippen molar-refractivity contribution in [3.63, 3.8) is 0 Å². The average Bonchev–Trinajstić information content (AvgIpc) is 2.64. The number of anilines is 1. The Balaban J connectivity index is 1.91. The van der Waals surface area contributed by atoms with Gasteiger partial charge in [0.25, 0.3) is 0 Å². The molecule has 1 N–H and O–H groups in total. The first-order chi connectivity index (χ1) is 13.3. The highest BCUT2D eigenvalue weighted by molar-refractivity contribution is 7.92. The summed E-state index contributed by atoms with van der Waals surface area (Å²) in [6.07, 6.45) is 2.76. The van der Waals surface area contributed by atoms with Crippen molar-refractivity contribution in [2.45, 2.75) is 32.8 Å². The highest BCUT2D eigenvalue weighted by atomic mass is 32.2. The van der Waals surface area contributed by atoms with Gasteiger partial charge in [0.1, 0.15) is 12.3 Å². The van der Waals surface area contributed by atoms with Crippen LogP contribution in [0.25, 0.3) is 0 Å². The van der Waals surface area contributed by atoms with Gasteiger partial charge in [0.2, 0.25) is 15.9 Å². The molecule has 152 valence electrons. The molecule has 0 aliphatic heterocycles. The van der Waals surface area contributed by atoms with E-state index in [2.05, 4.69) is 5.32 Å². The zero-order valence-corrected chi connectivity index (χ0v) is 17.4. The molecule has 0 atom stereocenters. The number of amides is 1. The van der Waals surface area contributed by atoms with Crippen molar-refractivity contribution in [2.75, 3.05) is 23.7 Å². The summed E-state index contributed by atoms with van der Waals surface area (Å²) in [7, 11) is -3.59. The number of rotatable bonds is 10. The molecule has 0 spiro atoms. The zero-order chi connectivity index (χ0) is 20.6. The van der Waals surface area contributed by atoms with Crippen LogP contribution in [-0.4, -0.2) is 39.8 Å². The molecule has 28 heavy (non-hydrogen) atoms. The van der Waals surface area contributed by atoms with Crippen LogP contribution in [0.15, 0.2) is 54.6 Å². The van der Waals surface area contributed by atoms with Gasteiger partial charge < -0.3 is 10.1 Å². The minimum atomic E-state index is -3.59. The molecule has 7 heteroatoms. The number of benzene rings is 2. The largest absolute Gasteiger partial charge is 0.491 e. The molecule has 1 amide bonds. The van der Waals surface area contributed by atoms with E-state index in [1.165, 1.54) is 5.56 Å². The van der Waals surface area contributed by atoms with Crippen molar-refractivity contribution in [3.8, 4) is 5.75 Å². The van der Waals surface area contributed by atoms with Gasteiger partial charge in [-0.1, -0.05) is 30.3 Å². The molecular weight excluding hydrogens is 376 g/mol. The number of hydrogen-bond donors (Lipinski definition) is 1. The molecule has 0 saturated carbocycles. The standard InChI is InChI=1S/C21H28N2O4S/c1-17(2)27-20-13-11-19(12-14-20)23(28(3,25)26)16-21(24)22-15-7-10-18-8-5-4-6-9-18/h4-6,8-9,11-14,17H,7,10,15-16H2,1-3H3,(H,22,24). The van der Waals surface area contributed by atoms with Crippen molar-refractivity contribution in [2.24, 2.45) is 0 Å². The minimum absolute atomic E-state index is 0.0264. The summed E-state index contributed by atoms with van der Waals surface area (Å²) in [5.41, 5.74) is 1.64. The SMILES string of the molecule is CC(C)Oc1ccc(N(CC(=O)NCCCc2ccccc2)S(C)(=O)=O)cc1. The van der Waals surface area contributed by atoms with E-state index in [9.17, 15) is 13.2 Å². The second-order valence-corrected chi connectivity index (χ2v) is 8.78. The quantitative estimate of drug-likeness (QED) is 0.618. The number of carbonyl (C=O) groups is 1. The lowest BCUT2D eigenvalue weighted by atomic mass is 10.1. The van der Waals surface area contributed by atoms with Crippen LogP contribution in [0.1, 0.15) is 25.8 Å². The third-order valence-corrected chi connectivity index (χ3v) is 5.13. The molecule has 0 aliphatic carbocycles. The predicted octanol–water partition coefficient (Wildman–Crippen LogP) is 2.99. The molecule has 0 aliphatic rings. The van der Waals surface area contributed by atoms with Gasteiger partial charge in [0.15, 0.2) is 0 Å². The Morgan fingerprint density at radius 3 is 2.29 bits per heavy atom. The fourth-order valence-corrected chi connectivity index (χ4v) is 3.57. The van der Waals surface area contributed by atoms with Gasteiger partial charge in [0, 0.05) is 6.54 Å². The van der Waals surface area contributed by atoms with E-state index in [-0.39, 0.29) is 18.6 Å². The maximum absolute atomic E-state index is 12.3. The number of aryl methyl sites for hydroxylation is 1. The van der Waals surface area contributed by atoms with Crippen LogP contribution in [0.3, 0.4) is 0 Å². The van der Waals surface area contributed by atoms with E-state index >= 15 is 0 Å². The topological polar surface area (TPSA) is 75.7 Å². The summed E-state index contributed by atoms with van der Waals surface area (Å²) >= 11 is 0. The van der Waals surface area contributed by atoms with E-state index in [1.807, 2.05) is 44.2 Å². The van der Waals surface area contributed by atoms with Crippen molar-refractivity contribution < 1.29 is 17.9 Å². The molecule has 2 aromatic carbocycles. The highest BCUT2D eigenvalue weighted by Crippen LogP contribution is 2.22. The fraction of sp³-hybridized carbons (Fsp3) is 0.381. The summed E-state index contributed by atoms with van der Waals surface area (Å²) in [4.78, 5) is 12.3. The smallest absolute Gasteiger partial charge is 0.240 e. The molecule has 0 bridgehead atoms. The molecule has 0 heterocycles. The highest BCUT2D eigenvalue weighted by Gasteiger charge is 2.20. The molecular formula is C21H28N2O4S. The maximum atomic E-state index is 12.3. The van der Waals surface area contributed by atoms with Gasteiger partial charge in [-0.05, 0) is 56.5 Å². The molecule has 0 saturated heterocycles. The Morgan fingerprint density at radius 1 is 1.07 bits per heavy atom. The fourth-order valence-electron chi connectivity index (χ4n) is 2.71. The van der Waals surface area contributed by atoms with Gasteiger partial charge in [-0.25, -0.2) is 8.42 Å². The van der Waals surface area contributed by atoms with Crippen molar-refractivity contribution in [1.82, 2.24) is 5.32 Å². The van der Waals surface area contributed by atoms with E-state index in [0.717, 1.165) is 23.4 Å². The number of nitrogens with zero attached hydrogens (tertiary/aromatic N) is 1. The monoisotopic (exact) mass is 404 g/mol. The zero-order valence-electron chi connectivity index (χ0n) is 16.6. The molecule has 0 aromatic heterocycles. The molecule has 0 fully saturated rings. The Morgan fingerprint density at radius 2 is 1.71 bits per heavy atom. The van der Waals surface area contributed by atoms with E-state index in [4.69, 9.17) is 4.74 Å². The molecule has 2 aromatic rings. The third kappa shape index (κ3) is 7.23. The second kappa shape index (κ2) is 10.1. The van der Waals surface area contributed by atoms with Gasteiger partial charge in [-0.15, -0.1) is 0 Å². The van der Waals surface area contributed by atoms with Gasteiger partial charge >= 0.3 is 0 Å². The lowest BCUT2D eigenvalue weighted by Gasteiger charge is -2.22.